The molecular formula is C24H37N3O5S. The molecule has 0 aromatic heterocycles. The molecular weight excluding hydrogens is 442 g/mol. The number of sulfonamides is 1. The van der Waals surface area contributed by atoms with E-state index in [4.69, 9.17) is 9.47 Å². The molecule has 1 heterocycles. The third-order valence-electron chi connectivity index (χ3n) is 6.78. The molecule has 1 aromatic carbocycles. The van der Waals surface area contributed by atoms with Crippen LogP contribution in [0.4, 0.5) is 0 Å². The third kappa shape index (κ3) is 6.35. The lowest BCUT2D eigenvalue weighted by molar-refractivity contribution is -0.117. The highest BCUT2D eigenvalue weighted by atomic mass is 32.2. The summed E-state index contributed by atoms with van der Waals surface area (Å²) in [5.74, 6) is 0.0956. The fourth-order valence-corrected chi connectivity index (χ4v) is 6.17. The van der Waals surface area contributed by atoms with E-state index in [0.29, 0.717) is 38.4 Å². The molecule has 0 atom stereocenters. The molecule has 1 aromatic rings. The molecule has 0 unspecified atom stereocenters. The Kier molecular flexibility index (Phi) is 8.92. The maximum Gasteiger partial charge on any atom is 0.246 e. The summed E-state index contributed by atoms with van der Waals surface area (Å²) in [7, 11) is 1.89. The Labute approximate surface area is 198 Å². The first-order valence-corrected chi connectivity index (χ1v) is 13.1. The van der Waals surface area contributed by atoms with Crippen molar-refractivity contribution >= 4 is 22.0 Å². The minimum Gasteiger partial charge on any atom is -0.495 e. The normalized spacial score (nSPS) is 20.0. The second-order valence-corrected chi connectivity index (χ2v) is 10.9. The van der Waals surface area contributed by atoms with Crippen LogP contribution in [0.3, 0.4) is 0 Å². The van der Waals surface area contributed by atoms with Gasteiger partial charge in [0, 0.05) is 31.2 Å². The predicted molar refractivity (Wildman–Crippen MR) is 129 cm³/mol. The summed E-state index contributed by atoms with van der Waals surface area (Å²) in [6.45, 7) is 1.96. The van der Waals surface area contributed by atoms with Crippen LogP contribution in [0.1, 0.15) is 44.1 Å². The van der Waals surface area contributed by atoms with Crippen LogP contribution in [0.25, 0.3) is 6.08 Å². The zero-order valence-corrected chi connectivity index (χ0v) is 20.8. The lowest BCUT2D eigenvalue weighted by Gasteiger charge is -2.39. The number of methoxy groups -OCH3 is 1. The second kappa shape index (κ2) is 11.5. The molecule has 0 radical (unpaired) electrons. The number of nitrogens with zero attached hydrogens (tertiary/aromatic N) is 2. The van der Waals surface area contributed by atoms with Gasteiger partial charge in [0.25, 0.3) is 0 Å². The summed E-state index contributed by atoms with van der Waals surface area (Å²) in [5, 5.41) is 3.06. The van der Waals surface area contributed by atoms with Gasteiger partial charge in [0.1, 0.15) is 10.6 Å². The highest BCUT2D eigenvalue weighted by molar-refractivity contribution is 7.89. The Morgan fingerprint density at radius 1 is 1.18 bits per heavy atom. The van der Waals surface area contributed by atoms with Crippen molar-refractivity contribution in [1.82, 2.24) is 14.5 Å². The first-order chi connectivity index (χ1) is 15.8. The summed E-state index contributed by atoms with van der Waals surface area (Å²) < 4.78 is 38.3. The van der Waals surface area contributed by atoms with Crippen LogP contribution in [0.15, 0.2) is 29.2 Å². The fourth-order valence-electron chi connectivity index (χ4n) is 4.58. The van der Waals surface area contributed by atoms with Crippen LogP contribution in [-0.2, 0) is 19.6 Å². The van der Waals surface area contributed by atoms with E-state index in [9.17, 15) is 13.2 Å². The first-order valence-electron chi connectivity index (χ1n) is 11.7. The van der Waals surface area contributed by atoms with Crippen LogP contribution in [-0.4, -0.2) is 83.1 Å². The van der Waals surface area contributed by atoms with E-state index < -0.39 is 10.0 Å². The molecule has 1 amide bonds. The van der Waals surface area contributed by atoms with Crippen molar-refractivity contribution < 1.29 is 22.7 Å². The maximum absolute atomic E-state index is 13.1. The summed E-state index contributed by atoms with van der Waals surface area (Å²) in [5.41, 5.74) is 0.606. The van der Waals surface area contributed by atoms with Crippen molar-refractivity contribution in [3.8, 4) is 5.75 Å². The van der Waals surface area contributed by atoms with E-state index in [2.05, 4.69) is 24.3 Å². The van der Waals surface area contributed by atoms with E-state index >= 15 is 0 Å². The number of hydrogen-bond acceptors (Lipinski definition) is 6. The maximum atomic E-state index is 13.1. The van der Waals surface area contributed by atoms with Gasteiger partial charge in [-0.05, 0) is 50.7 Å². The van der Waals surface area contributed by atoms with Crippen LogP contribution < -0.4 is 10.1 Å². The number of nitrogens with one attached hydrogen (secondary N) is 1. The Morgan fingerprint density at radius 2 is 1.85 bits per heavy atom. The average molecular weight is 480 g/mol. The van der Waals surface area contributed by atoms with Gasteiger partial charge in [0.15, 0.2) is 0 Å². The molecule has 33 heavy (non-hydrogen) atoms. The van der Waals surface area contributed by atoms with E-state index in [1.165, 1.54) is 43.2 Å². The molecule has 1 N–H and O–H groups in total. The number of morpholine rings is 1. The first kappa shape index (κ1) is 25.7. The lowest BCUT2D eigenvalue weighted by atomic mass is 9.88. The van der Waals surface area contributed by atoms with Gasteiger partial charge in [0.05, 0.1) is 20.3 Å². The molecule has 2 fully saturated rings. The highest BCUT2D eigenvalue weighted by Crippen LogP contribution is 2.31. The van der Waals surface area contributed by atoms with Crippen molar-refractivity contribution in [2.75, 3.05) is 54.1 Å². The highest BCUT2D eigenvalue weighted by Gasteiger charge is 2.33. The summed E-state index contributed by atoms with van der Waals surface area (Å²) in [6, 6.07) is 4.92. The monoisotopic (exact) mass is 479 g/mol. The van der Waals surface area contributed by atoms with Crippen molar-refractivity contribution in [2.24, 2.45) is 0 Å². The number of ether oxygens (including phenoxy) is 2. The molecule has 1 aliphatic carbocycles. The molecule has 0 bridgehead atoms. The van der Waals surface area contributed by atoms with Crippen LogP contribution in [0, 0.1) is 0 Å². The predicted octanol–water partition coefficient (Wildman–Crippen LogP) is 2.50. The van der Waals surface area contributed by atoms with E-state index in [1.807, 2.05) is 0 Å². The quantitative estimate of drug-likeness (QED) is 0.455. The molecule has 0 spiro atoms. The molecule has 1 saturated heterocycles. The Hall–Kier alpha value is -1.94. The number of carbonyl (C=O) groups is 1. The van der Waals surface area contributed by atoms with E-state index in [1.54, 1.807) is 24.3 Å². The van der Waals surface area contributed by atoms with Gasteiger partial charge < -0.3 is 19.7 Å². The van der Waals surface area contributed by atoms with Crippen molar-refractivity contribution in [3.63, 3.8) is 0 Å². The second-order valence-electron chi connectivity index (χ2n) is 9.01. The van der Waals surface area contributed by atoms with Gasteiger partial charge in [-0.2, -0.15) is 4.31 Å². The van der Waals surface area contributed by atoms with E-state index in [0.717, 1.165) is 12.8 Å². The van der Waals surface area contributed by atoms with E-state index in [-0.39, 0.29) is 22.1 Å². The minimum atomic E-state index is -3.72. The van der Waals surface area contributed by atoms with Gasteiger partial charge in [0.2, 0.25) is 15.9 Å². The van der Waals surface area contributed by atoms with Gasteiger partial charge in [-0.3, -0.25) is 4.79 Å². The Bertz CT molecular complexity index is 931. The summed E-state index contributed by atoms with van der Waals surface area (Å²) >= 11 is 0. The Morgan fingerprint density at radius 3 is 2.45 bits per heavy atom. The number of amides is 1. The number of likely N-dealkylation sites (N-methyl/N-ethyl adjacent to an activating group) is 1. The van der Waals surface area contributed by atoms with Gasteiger partial charge in [-0.25, -0.2) is 8.42 Å². The fraction of sp³-hybridized carbons (Fsp3) is 0.625. The zero-order valence-electron chi connectivity index (χ0n) is 20.0. The zero-order chi connectivity index (χ0) is 23.9. The average Bonchev–Trinajstić information content (AvgIpc) is 3.08. The smallest absolute Gasteiger partial charge is 0.246 e. The number of benzene rings is 1. The molecule has 8 nitrogen and oxygen atoms in total. The largest absolute Gasteiger partial charge is 0.495 e. The number of hydrogen-bond donors (Lipinski definition) is 1. The van der Waals surface area contributed by atoms with Gasteiger partial charge in [-0.15, -0.1) is 0 Å². The van der Waals surface area contributed by atoms with Gasteiger partial charge in [-0.1, -0.05) is 31.7 Å². The standard InChI is InChI=1S/C24H37N3O5S/c1-26(2)24(12-6-4-5-7-13-24)19-25-23(28)11-9-20-8-10-21(31-3)22(18-20)33(29,30)27-14-16-32-17-15-27/h8-11,18H,4-7,12-17,19H2,1-3H3,(H,25,28)/b11-9+. The van der Waals surface area contributed by atoms with Crippen LogP contribution >= 0.6 is 0 Å². The minimum absolute atomic E-state index is 0.0144. The van der Waals surface area contributed by atoms with Crippen LogP contribution in [0.5, 0.6) is 5.75 Å². The number of rotatable bonds is 8. The van der Waals surface area contributed by atoms with Gasteiger partial charge >= 0.3 is 0 Å². The third-order valence-corrected chi connectivity index (χ3v) is 8.70. The number of carbonyl (C=O) groups excluding carboxylic acids is 1. The molecule has 3 rings (SSSR count). The molecule has 2 aliphatic rings. The molecule has 9 heteroatoms. The van der Waals surface area contributed by atoms with Crippen molar-refractivity contribution in [3.05, 3.63) is 29.8 Å². The lowest BCUT2D eigenvalue weighted by Crippen LogP contribution is -2.52. The van der Waals surface area contributed by atoms with Crippen molar-refractivity contribution in [1.29, 1.82) is 0 Å². The SMILES string of the molecule is COc1ccc(/C=C/C(=O)NCC2(N(C)C)CCCCCC2)cc1S(=O)(=O)N1CCOCC1. The van der Waals surface area contributed by atoms with Crippen molar-refractivity contribution in [2.45, 2.75) is 49.0 Å². The Balaban J connectivity index is 1.71. The molecule has 1 aliphatic heterocycles. The molecule has 184 valence electrons. The summed E-state index contributed by atoms with van der Waals surface area (Å²) in [6.07, 6.45) is 10.1. The van der Waals surface area contributed by atoms with Crippen LogP contribution in [0.2, 0.25) is 0 Å². The molecule has 1 saturated carbocycles. The summed E-state index contributed by atoms with van der Waals surface area (Å²) in [4.78, 5) is 14.9. The topological polar surface area (TPSA) is 88.2 Å².